The van der Waals surface area contributed by atoms with Gasteiger partial charge in [-0.2, -0.15) is 0 Å². The molecular formula is C14H19FN4. The summed E-state index contributed by atoms with van der Waals surface area (Å²) in [6, 6.07) is 5.15. The number of hydrogen-bond donors (Lipinski definition) is 1. The number of halogens is 1. The van der Waals surface area contributed by atoms with Crippen molar-refractivity contribution in [3.05, 3.63) is 47.8 Å². The molecule has 0 fully saturated rings. The minimum atomic E-state index is -0.182. The zero-order valence-corrected chi connectivity index (χ0v) is 11.5. The number of nitrogens with zero attached hydrogens (tertiary/aromatic N) is 3. The van der Waals surface area contributed by atoms with Gasteiger partial charge in [0, 0.05) is 44.3 Å². The Bertz CT molecular complexity index is 550. The van der Waals surface area contributed by atoms with Crippen molar-refractivity contribution < 1.29 is 4.39 Å². The van der Waals surface area contributed by atoms with Crippen molar-refractivity contribution in [2.24, 2.45) is 7.05 Å². The Morgan fingerprint density at radius 1 is 1.42 bits per heavy atom. The molecule has 0 aliphatic carbocycles. The normalized spacial score (nSPS) is 10.7. The summed E-state index contributed by atoms with van der Waals surface area (Å²) >= 11 is 0. The number of aromatic nitrogens is 2. The number of rotatable bonds is 5. The Morgan fingerprint density at radius 2 is 2.21 bits per heavy atom. The van der Waals surface area contributed by atoms with Crippen LogP contribution in [0.25, 0.3) is 0 Å². The lowest BCUT2D eigenvalue weighted by molar-refractivity contribution is 0.599. The van der Waals surface area contributed by atoms with Gasteiger partial charge in [-0.3, -0.25) is 0 Å². The first kappa shape index (κ1) is 13.5. The lowest BCUT2D eigenvalue weighted by Gasteiger charge is -2.22. The van der Waals surface area contributed by atoms with Gasteiger partial charge in [0.2, 0.25) is 0 Å². The second kappa shape index (κ2) is 5.84. The van der Waals surface area contributed by atoms with E-state index in [9.17, 15) is 4.39 Å². The van der Waals surface area contributed by atoms with Gasteiger partial charge in [0.15, 0.2) is 0 Å². The molecule has 1 aromatic carbocycles. The third-order valence-electron chi connectivity index (χ3n) is 3.16. The van der Waals surface area contributed by atoms with E-state index in [1.807, 2.05) is 42.9 Å². The fourth-order valence-electron chi connectivity index (χ4n) is 2.10. The van der Waals surface area contributed by atoms with E-state index in [0.717, 1.165) is 11.5 Å². The third kappa shape index (κ3) is 2.93. The van der Waals surface area contributed by atoms with Gasteiger partial charge in [-0.25, -0.2) is 9.37 Å². The van der Waals surface area contributed by atoms with Gasteiger partial charge >= 0.3 is 0 Å². The van der Waals surface area contributed by atoms with E-state index >= 15 is 0 Å². The second-order valence-electron chi connectivity index (χ2n) is 4.58. The highest BCUT2D eigenvalue weighted by Crippen LogP contribution is 2.23. The number of benzene rings is 1. The minimum absolute atomic E-state index is 0.182. The van der Waals surface area contributed by atoms with Crippen LogP contribution in [0.1, 0.15) is 11.4 Å². The molecule has 0 unspecified atom stereocenters. The van der Waals surface area contributed by atoms with Crippen LogP contribution in [0, 0.1) is 5.82 Å². The van der Waals surface area contributed by atoms with Crippen LogP contribution in [-0.4, -0.2) is 23.6 Å². The number of hydrogen-bond acceptors (Lipinski definition) is 3. The number of aryl methyl sites for hydroxylation is 1. The molecular weight excluding hydrogens is 243 g/mol. The standard InChI is InChI=1S/C14H19FN4/c1-16-9-11-12(15)5-4-6-13(11)19(3)10-14-17-7-8-18(14)2/h4-8,16H,9-10H2,1-3H3. The van der Waals surface area contributed by atoms with E-state index < -0.39 is 0 Å². The highest BCUT2D eigenvalue weighted by atomic mass is 19.1. The molecule has 0 amide bonds. The first-order valence-corrected chi connectivity index (χ1v) is 6.22. The summed E-state index contributed by atoms with van der Waals surface area (Å²) in [5.74, 6) is 0.765. The molecule has 2 aromatic rings. The van der Waals surface area contributed by atoms with Crippen LogP contribution in [0.2, 0.25) is 0 Å². The van der Waals surface area contributed by atoms with E-state index in [0.29, 0.717) is 18.7 Å². The molecule has 1 heterocycles. The van der Waals surface area contributed by atoms with Crippen molar-refractivity contribution in [3.8, 4) is 0 Å². The van der Waals surface area contributed by atoms with Crippen LogP contribution in [0.3, 0.4) is 0 Å². The second-order valence-corrected chi connectivity index (χ2v) is 4.58. The maximum absolute atomic E-state index is 13.9. The third-order valence-corrected chi connectivity index (χ3v) is 3.16. The van der Waals surface area contributed by atoms with Crippen molar-refractivity contribution in [2.75, 3.05) is 19.0 Å². The molecule has 0 bridgehead atoms. The van der Waals surface area contributed by atoms with Crippen LogP contribution >= 0.6 is 0 Å². The molecule has 19 heavy (non-hydrogen) atoms. The highest BCUT2D eigenvalue weighted by Gasteiger charge is 2.13. The fourth-order valence-corrected chi connectivity index (χ4v) is 2.10. The molecule has 0 radical (unpaired) electrons. The first-order valence-electron chi connectivity index (χ1n) is 6.22. The Kier molecular flexibility index (Phi) is 4.16. The van der Waals surface area contributed by atoms with Crippen LogP contribution in [0.4, 0.5) is 10.1 Å². The van der Waals surface area contributed by atoms with Crippen molar-refractivity contribution >= 4 is 5.69 Å². The van der Waals surface area contributed by atoms with Crippen LogP contribution in [0.15, 0.2) is 30.6 Å². The van der Waals surface area contributed by atoms with Gasteiger partial charge < -0.3 is 14.8 Å². The van der Waals surface area contributed by atoms with Gasteiger partial charge in [0.25, 0.3) is 0 Å². The average molecular weight is 262 g/mol. The summed E-state index contributed by atoms with van der Waals surface area (Å²) < 4.78 is 15.8. The van der Waals surface area contributed by atoms with Crippen molar-refractivity contribution in [1.82, 2.24) is 14.9 Å². The Balaban J connectivity index is 2.26. The summed E-state index contributed by atoms with van der Waals surface area (Å²) in [6.45, 7) is 1.15. The van der Waals surface area contributed by atoms with E-state index in [-0.39, 0.29) is 5.82 Å². The molecule has 0 atom stereocenters. The molecule has 5 heteroatoms. The van der Waals surface area contributed by atoms with Crippen LogP contribution in [0.5, 0.6) is 0 Å². The number of imidazole rings is 1. The molecule has 4 nitrogen and oxygen atoms in total. The molecule has 2 rings (SSSR count). The monoisotopic (exact) mass is 262 g/mol. The zero-order chi connectivity index (χ0) is 13.8. The van der Waals surface area contributed by atoms with Gasteiger partial charge in [0.1, 0.15) is 11.6 Å². The highest BCUT2D eigenvalue weighted by molar-refractivity contribution is 5.53. The smallest absolute Gasteiger partial charge is 0.129 e. The van der Waals surface area contributed by atoms with Gasteiger partial charge in [-0.1, -0.05) is 6.07 Å². The molecule has 1 aromatic heterocycles. The summed E-state index contributed by atoms with van der Waals surface area (Å²) in [6.07, 6.45) is 3.67. The van der Waals surface area contributed by atoms with E-state index in [2.05, 4.69) is 10.3 Å². The Labute approximate surface area is 112 Å². The summed E-state index contributed by atoms with van der Waals surface area (Å²) in [4.78, 5) is 6.30. The zero-order valence-electron chi connectivity index (χ0n) is 11.5. The number of nitrogens with one attached hydrogen (secondary N) is 1. The quantitative estimate of drug-likeness (QED) is 0.893. The predicted molar refractivity (Wildman–Crippen MR) is 74.5 cm³/mol. The maximum Gasteiger partial charge on any atom is 0.129 e. The van der Waals surface area contributed by atoms with E-state index in [1.165, 1.54) is 6.07 Å². The van der Waals surface area contributed by atoms with Gasteiger partial charge in [-0.15, -0.1) is 0 Å². The average Bonchev–Trinajstić information content (AvgIpc) is 2.78. The van der Waals surface area contributed by atoms with Crippen LogP contribution in [-0.2, 0) is 20.1 Å². The molecule has 0 aliphatic heterocycles. The van der Waals surface area contributed by atoms with Crippen molar-refractivity contribution in [2.45, 2.75) is 13.1 Å². The van der Waals surface area contributed by atoms with Crippen molar-refractivity contribution in [1.29, 1.82) is 0 Å². The Hall–Kier alpha value is -1.88. The minimum Gasteiger partial charge on any atom is -0.367 e. The van der Waals surface area contributed by atoms with E-state index in [1.54, 1.807) is 12.3 Å². The largest absolute Gasteiger partial charge is 0.367 e. The molecule has 0 aliphatic rings. The van der Waals surface area contributed by atoms with Gasteiger partial charge in [-0.05, 0) is 19.2 Å². The van der Waals surface area contributed by atoms with Crippen LogP contribution < -0.4 is 10.2 Å². The SMILES string of the molecule is CNCc1c(F)cccc1N(C)Cc1nccn1C. The summed E-state index contributed by atoms with van der Waals surface area (Å²) in [5, 5.41) is 3.00. The number of anilines is 1. The van der Waals surface area contributed by atoms with E-state index in [4.69, 9.17) is 0 Å². The summed E-state index contributed by atoms with van der Waals surface area (Å²) in [7, 11) is 5.72. The Morgan fingerprint density at radius 3 is 2.84 bits per heavy atom. The molecule has 0 spiro atoms. The molecule has 0 saturated carbocycles. The lowest BCUT2D eigenvalue weighted by Crippen LogP contribution is -2.22. The maximum atomic E-state index is 13.9. The van der Waals surface area contributed by atoms with Crippen molar-refractivity contribution in [3.63, 3.8) is 0 Å². The predicted octanol–water partition coefficient (Wildman–Crippen LogP) is 1.92. The van der Waals surface area contributed by atoms with Gasteiger partial charge in [0.05, 0.1) is 6.54 Å². The fraction of sp³-hybridized carbons (Fsp3) is 0.357. The molecule has 102 valence electrons. The molecule has 0 saturated heterocycles. The molecule has 1 N–H and O–H groups in total. The summed E-state index contributed by atoms with van der Waals surface area (Å²) in [5.41, 5.74) is 1.57. The topological polar surface area (TPSA) is 33.1 Å². The lowest BCUT2D eigenvalue weighted by atomic mass is 10.1. The first-order chi connectivity index (χ1) is 9.13.